The summed E-state index contributed by atoms with van der Waals surface area (Å²) in [5.41, 5.74) is 12.0. The number of allylic oxidation sites excluding steroid dienone is 7. The Balaban J connectivity index is 1.22. The van der Waals surface area contributed by atoms with Crippen molar-refractivity contribution >= 4 is 17.1 Å². The second kappa shape index (κ2) is 14.6. The van der Waals surface area contributed by atoms with E-state index in [4.69, 9.17) is 4.74 Å². The predicted octanol–water partition coefficient (Wildman–Crippen LogP) is 8.82. The Hall–Kier alpha value is -4.16. The zero-order valence-corrected chi connectivity index (χ0v) is 35.2. The normalized spacial score (nSPS) is 19.3. The number of likely N-dealkylation sites (N-methyl/N-ethyl adjacent to an activating group) is 1. The van der Waals surface area contributed by atoms with Crippen LogP contribution in [-0.2, 0) is 16.2 Å². The molecule has 0 atom stereocenters. The van der Waals surface area contributed by atoms with Crippen LogP contribution in [0.15, 0.2) is 144 Å². The summed E-state index contributed by atoms with van der Waals surface area (Å²) in [5, 5.41) is 0. The second-order valence-electron chi connectivity index (χ2n) is 16.5. The van der Waals surface area contributed by atoms with Crippen LogP contribution in [0.25, 0.3) is 0 Å². The molecule has 2 heterocycles. The van der Waals surface area contributed by atoms with Crippen molar-refractivity contribution in [1.82, 2.24) is 0 Å². The Kier molecular flexibility index (Phi) is 10.2. The third-order valence-electron chi connectivity index (χ3n) is 11.3. The van der Waals surface area contributed by atoms with E-state index in [2.05, 4.69) is 193 Å². The number of halogens is 1. The maximum atomic E-state index is 6.93. The summed E-state index contributed by atoms with van der Waals surface area (Å²) in [6.07, 6.45) is 11.3. The molecular weight excluding hydrogens is 759 g/mol. The van der Waals surface area contributed by atoms with Gasteiger partial charge in [0.25, 0.3) is 0 Å². The van der Waals surface area contributed by atoms with Crippen molar-refractivity contribution in [2.75, 3.05) is 18.0 Å². The van der Waals surface area contributed by atoms with Gasteiger partial charge in [-0.05, 0) is 19.9 Å². The smallest absolute Gasteiger partial charge is 0.0618 e. The van der Waals surface area contributed by atoms with Crippen molar-refractivity contribution in [2.45, 2.75) is 91.4 Å². The Labute approximate surface area is 328 Å². The van der Waals surface area contributed by atoms with Gasteiger partial charge in [-0.15, -0.1) is 0 Å². The molecular formula is C49H55IN2O. The van der Waals surface area contributed by atoms with Crippen molar-refractivity contribution in [3.63, 3.8) is 0 Å². The Morgan fingerprint density at radius 1 is 0.736 bits per heavy atom. The molecule has 0 N–H and O–H groups in total. The van der Waals surface area contributed by atoms with Crippen molar-refractivity contribution in [1.29, 1.82) is 0 Å². The summed E-state index contributed by atoms with van der Waals surface area (Å²) >= 11 is -0.272. The molecule has 0 saturated heterocycles. The van der Waals surface area contributed by atoms with Crippen LogP contribution in [0.4, 0.5) is 11.4 Å². The van der Waals surface area contributed by atoms with Gasteiger partial charge in [0.15, 0.2) is 0 Å². The number of hydrogen-bond donors (Lipinski definition) is 0. The van der Waals surface area contributed by atoms with Gasteiger partial charge in [-0.3, -0.25) is 0 Å². The second-order valence-corrected chi connectivity index (χ2v) is 19.5. The molecule has 0 radical (unpaired) electrons. The summed E-state index contributed by atoms with van der Waals surface area (Å²) in [6, 6.07) is 35.8. The van der Waals surface area contributed by atoms with Crippen LogP contribution in [0.5, 0.6) is 5.75 Å². The molecule has 3 nitrogen and oxygen atoms in total. The number of rotatable bonds is 9. The van der Waals surface area contributed by atoms with Gasteiger partial charge in [-0.25, -0.2) is 0 Å². The van der Waals surface area contributed by atoms with E-state index in [1.807, 2.05) is 0 Å². The first-order valence-electron chi connectivity index (χ1n) is 19.3. The first-order chi connectivity index (χ1) is 25.3. The summed E-state index contributed by atoms with van der Waals surface area (Å²) in [4.78, 5) is 2.47. The van der Waals surface area contributed by atoms with E-state index in [9.17, 15) is 0 Å². The van der Waals surface area contributed by atoms with Crippen molar-refractivity contribution in [3.05, 3.63) is 168 Å². The first kappa shape index (κ1) is 37.2. The van der Waals surface area contributed by atoms with Gasteiger partial charge in [-0.1, -0.05) is 36.4 Å². The Morgan fingerprint density at radius 2 is 1.38 bits per heavy atom. The molecule has 0 unspecified atom stereocenters. The quantitative estimate of drug-likeness (QED) is 0.124. The zero-order chi connectivity index (χ0) is 37.5. The van der Waals surface area contributed by atoms with E-state index >= 15 is 0 Å². The fourth-order valence-electron chi connectivity index (χ4n) is 8.30. The number of para-hydroxylation sites is 2. The van der Waals surface area contributed by atoms with Crippen LogP contribution in [0.1, 0.15) is 91.8 Å². The topological polar surface area (TPSA) is 15.5 Å². The van der Waals surface area contributed by atoms with Crippen molar-refractivity contribution in [3.8, 4) is 5.75 Å². The third-order valence-corrected chi connectivity index (χ3v) is 14.0. The average molecular weight is 815 g/mol. The van der Waals surface area contributed by atoms with E-state index in [1.54, 1.807) is 0 Å². The van der Waals surface area contributed by atoms with Gasteiger partial charge in [-0.2, -0.15) is 0 Å². The SMILES string of the molecule is CCN1/C(=C/C=C2\CCC(/C=C/C3=[N+](CC)c4ccccc4C3(C)C)=C2Oc2ccc([I-]c3ccc(C(C)(C)C)cc3)cc2)C(C)(C)c2ccccc21. The number of hydrogen-bond acceptors (Lipinski definition) is 2. The monoisotopic (exact) mass is 814 g/mol. The van der Waals surface area contributed by atoms with Crippen LogP contribution in [0.3, 0.4) is 0 Å². The maximum absolute atomic E-state index is 6.93. The van der Waals surface area contributed by atoms with Gasteiger partial charge < -0.3 is 0 Å². The van der Waals surface area contributed by atoms with Gasteiger partial charge in [0.1, 0.15) is 0 Å². The molecule has 0 aromatic heterocycles. The molecule has 0 bridgehead atoms. The molecule has 4 aromatic rings. The summed E-state index contributed by atoms with van der Waals surface area (Å²) < 4.78 is 12.2. The zero-order valence-electron chi connectivity index (χ0n) is 33.1. The van der Waals surface area contributed by atoms with Crippen LogP contribution >= 0.6 is 0 Å². The van der Waals surface area contributed by atoms with E-state index in [0.29, 0.717) is 0 Å². The minimum Gasteiger partial charge on any atom is -0.0618 e. The molecule has 3 aliphatic rings. The molecule has 274 valence electrons. The number of fused-ring (bicyclic) bond motifs is 2. The average Bonchev–Trinajstić information content (AvgIpc) is 3.70. The number of nitrogens with zero attached hydrogens (tertiary/aromatic N) is 2. The number of ether oxygens (including phenoxy) is 1. The van der Waals surface area contributed by atoms with E-state index in [-0.39, 0.29) is 37.5 Å². The van der Waals surface area contributed by atoms with Crippen LogP contribution < -0.4 is 30.8 Å². The molecule has 7 rings (SSSR count). The molecule has 53 heavy (non-hydrogen) atoms. The van der Waals surface area contributed by atoms with Crippen LogP contribution in [0.2, 0.25) is 0 Å². The fourth-order valence-corrected chi connectivity index (χ4v) is 10.5. The van der Waals surface area contributed by atoms with Crippen molar-refractivity contribution in [2.24, 2.45) is 0 Å². The van der Waals surface area contributed by atoms with Gasteiger partial charge in [0.2, 0.25) is 0 Å². The Morgan fingerprint density at radius 3 is 2.04 bits per heavy atom. The molecule has 0 fully saturated rings. The first-order valence-corrected chi connectivity index (χ1v) is 21.5. The standard InChI is InChI=1S/C49H55IN2O/c1-10-51-42-18-14-12-16-40(42)48(6,7)44(51)32-22-34-20-21-35(23-33-45-49(8,9)41-17-13-15-19-43(41)52(45)11-2)46(34)53-39-30-28-38(29-31-39)50-37-26-24-36(25-27-37)47(3,4)5/h12-19,22-33H,10-11,20-21H2,1-9H3. The molecule has 0 saturated carbocycles. The third kappa shape index (κ3) is 7.12. The molecule has 4 aromatic carbocycles. The van der Waals surface area contributed by atoms with E-state index in [0.717, 1.165) is 37.4 Å². The summed E-state index contributed by atoms with van der Waals surface area (Å²) in [6.45, 7) is 22.6. The molecule has 2 aliphatic heterocycles. The summed E-state index contributed by atoms with van der Waals surface area (Å²) in [7, 11) is 0. The van der Waals surface area contributed by atoms with Gasteiger partial charge >= 0.3 is 268 Å². The van der Waals surface area contributed by atoms with E-state index in [1.165, 1.54) is 57.8 Å². The molecule has 0 spiro atoms. The summed E-state index contributed by atoms with van der Waals surface area (Å²) in [5.74, 6) is 1.88. The predicted molar refractivity (Wildman–Crippen MR) is 219 cm³/mol. The molecule has 0 amide bonds. The van der Waals surface area contributed by atoms with E-state index < -0.39 is 0 Å². The number of benzene rings is 4. The Bertz CT molecular complexity index is 2170. The van der Waals surface area contributed by atoms with Crippen LogP contribution in [-0.4, -0.2) is 23.4 Å². The van der Waals surface area contributed by atoms with Crippen molar-refractivity contribution < 1.29 is 30.5 Å². The minimum atomic E-state index is -0.272. The van der Waals surface area contributed by atoms with Crippen LogP contribution in [0, 0.1) is 7.14 Å². The fraction of sp³-hybridized carbons (Fsp3) is 0.327. The minimum absolute atomic E-state index is 0.0783. The van der Waals surface area contributed by atoms with Gasteiger partial charge in [0.05, 0.1) is 0 Å². The molecule has 4 heteroatoms. The van der Waals surface area contributed by atoms with Gasteiger partial charge in [0, 0.05) is 6.07 Å². The molecule has 1 aliphatic carbocycles. The number of anilines is 1.